The summed E-state index contributed by atoms with van der Waals surface area (Å²) in [6.45, 7) is 1.13. The molecular formula is C25H21N2NaO4S. The van der Waals surface area contributed by atoms with Gasteiger partial charge in [-0.2, -0.15) is 0 Å². The van der Waals surface area contributed by atoms with Crippen LogP contribution in [0.15, 0.2) is 82.7 Å². The fourth-order valence-corrected chi connectivity index (χ4v) is 4.12. The van der Waals surface area contributed by atoms with Crippen molar-refractivity contribution >= 4 is 71.3 Å². The Morgan fingerprint density at radius 1 is 1.00 bits per heavy atom. The third-order valence-corrected chi connectivity index (χ3v) is 6.17. The number of carbonyl (C=O) groups excluding carboxylic acids is 1. The number of aliphatic imine (C=N–C) groups is 1. The molecule has 3 aromatic rings. The van der Waals surface area contributed by atoms with Crippen LogP contribution in [0.3, 0.4) is 0 Å². The number of nitrogens with zero attached hydrogens (tertiary/aromatic N) is 1. The van der Waals surface area contributed by atoms with E-state index >= 15 is 0 Å². The maximum atomic E-state index is 12.3. The Kier molecular flexibility index (Phi) is 9.05. The first-order valence-corrected chi connectivity index (χ1v) is 12.0. The first kappa shape index (κ1) is 25.0. The Morgan fingerprint density at radius 3 is 2.09 bits per heavy atom. The molecule has 0 aliphatic carbocycles. The van der Waals surface area contributed by atoms with Crippen LogP contribution < -0.4 is 8.13 Å². The van der Waals surface area contributed by atoms with Gasteiger partial charge in [-0.05, 0) is 16.7 Å². The molecule has 0 saturated heterocycles. The van der Waals surface area contributed by atoms with Gasteiger partial charge in [0, 0.05) is 6.92 Å². The number of aliphatic hydroxyl groups is 1. The number of amides is 1. The Hall–Kier alpha value is -2.68. The van der Waals surface area contributed by atoms with Gasteiger partial charge in [-0.1, -0.05) is 24.3 Å². The molecule has 0 spiro atoms. The van der Waals surface area contributed by atoms with Crippen LogP contribution in [0.25, 0.3) is 17.2 Å². The van der Waals surface area contributed by atoms with Crippen molar-refractivity contribution in [1.29, 1.82) is 0 Å². The molecular weight excluding hydrogens is 447 g/mol. The molecule has 6 nitrogen and oxygen atoms in total. The van der Waals surface area contributed by atoms with Gasteiger partial charge < -0.3 is 10.2 Å². The zero-order chi connectivity index (χ0) is 23.8. The molecule has 1 aliphatic rings. The number of aliphatic carboxylic acids is 1. The molecule has 0 fully saturated rings. The van der Waals surface area contributed by atoms with E-state index in [1.54, 1.807) is 0 Å². The van der Waals surface area contributed by atoms with Gasteiger partial charge in [-0.15, -0.1) is 0 Å². The van der Waals surface area contributed by atoms with Crippen molar-refractivity contribution in [1.82, 2.24) is 0 Å². The van der Waals surface area contributed by atoms with Gasteiger partial charge in [0.1, 0.15) is 0 Å². The van der Waals surface area contributed by atoms with Crippen molar-refractivity contribution in [2.75, 3.05) is 5.32 Å². The summed E-state index contributed by atoms with van der Waals surface area (Å²) in [5.74, 6) is -1.05. The van der Waals surface area contributed by atoms with Gasteiger partial charge in [0.05, 0.1) is 6.61 Å². The number of hydrogen-bond acceptors (Lipinski definition) is 5. The molecule has 8 heteroatoms. The summed E-state index contributed by atoms with van der Waals surface area (Å²) in [5.41, 5.74) is 4.95. The summed E-state index contributed by atoms with van der Waals surface area (Å²) >= 11 is 2.37. The van der Waals surface area contributed by atoms with Crippen LogP contribution in [-0.2, 0) is 16.2 Å². The SMILES string of the molecule is CC(=O)O.O=C1N=C(Nc2cc[c]([Na])cc2)S/C1=C/c1ccc(-c2ccc(CO)cc2)cc1. The van der Waals surface area contributed by atoms with Crippen LogP contribution in [0.1, 0.15) is 18.1 Å². The zero-order valence-corrected chi connectivity index (χ0v) is 21.1. The number of thioether (sulfide) groups is 1. The van der Waals surface area contributed by atoms with Crippen molar-refractivity contribution < 1.29 is 19.8 Å². The van der Waals surface area contributed by atoms with E-state index in [0.717, 1.165) is 62.8 Å². The number of rotatable bonds is 4. The number of aliphatic hydroxyl groups excluding tert-OH is 1. The second-order valence-electron chi connectivity index (χ2n) is 7.32. The second kappa shape index (κ2) is 12.0. The van der Waals surface area contributed by atoms with Crippen LogP contribution in [0.2, 0.25) is 0 Å². The molecule has 1 amide bonds. The molecule has 0 bridgehead atoms. The number of anilines is 1. The quantitative estimate of drug-likeness (QED) is 0.398. The van der Waals surface area contributed by atoms with E-state index in [9.17, 15) is 4.79 Å². The van der Waals surface area contributed by atoms with Gasteiger partial charge in [-0.3, -0.25) is 4.79 Å². The monoisotopic (exact) mass is 468 g/mol. The first-order chi connectivity index (χ1) is 15.8. The van der Waals surface area contributed by atoms with Crippen LogP contribution in [-0.4, -0.2) is 55.2 Å². The van der Waals surface area contributed by atoms with Gasteiger partial charge >= 0.3 is 139 Å². The molecule has 0 radical (unpaired) electrons. The van der Waals surface area contributed by atoms with E-state index in [1.165, 1.54) is 14.6 Å². The standard InChI is InChI=1S/C23H17N2O2S.C2H4O2.Na/c26-15-17-8-12-19(13-9-17)18-10-6-16(7-11-18)14-21-22(27)25-23(28-21)24-20-4-2-1-3-5-20;1-2(3)4;/h2-14,26H,15H2,(H,24,25,27);1H3,(H,3,4);/b21-14+;;. The fourth-order valence-electron chi connectivity index (χ4n) is 2.95. The molecule has 0 aromatic heterocycles. The summed E-state index contributed by atoms with van der Waals surface area (Å²) < 4.78 is 1.32. The third kappa shape index (κ3) is 7.70. The topological polar surface area (TPSA) is 99.0 Å². The van der Waals surface area contributed by atoms with E-state index in [2.05, 4.69) is 22.4 Å². The minimum absolute atomic E-state index is 0.0445. The molecule has 1 heterocycles. The van der Waals surface area contributed by atoms with Crippen LogP contribution >= 0.6 is 11.8 Å². The summed E-state index contributed by atoms with van der Waals surface area (Å²) in [7, 11) is 0. The Morgan fingerprint density at radius 2 is 1.55 bits per heavy atom. The normalized spacial score (nSPS) is 13.9. The zero-order valence-electron chi connectivity index (χ0n) is 18.3. The average Bonchev–Trinajstić information content (AvgIpc) is 3.14. The molecule has 33 heavy (non-hydrogen) atoms. The number of carbonyl (C=O) groups is 2. The number of nitrogens with one attached hydrogen (secondary N) is 1. The third-order valence-electron chi connectivity index (χ3n) is 4.60. The number of hydrogen-bond donors (Lipinski definition) is 3. The number of carboxylic acid groups (broad SMARTS) is 1. The van der Waals surface area contributed by atoms with Gasteiger partial charge in [-0.25, -0.2) is 0 Å². The average molecular weight is 469 g/mol. The van der Waals surface area contributed by atoms with E-state index in [0.29, 0.717) is 10.1 Å². The van der Waals surface area contributed by atoms with Crippen molar-refractivity contribution in [2.24, 2.45) is 4.99 Å². The Balaban J connectivity index is 0.000000709. The molecule has 4 rings (SSSR count). The van der Waals surface area contributed by atoms with Gasteiger partial charge in [0.25, 0.3) is 5.97 Å². The van der Waals surface area contributed by atoms with Gasteiger partial charge in [0.2, 0.25) is 0 Å². The van der Waals surface area contributed by atoms with Crippen LogP contribution in [0.4, 0.5) is 5.69 Å². The van der Waals surface area contributed by atoms with Crippen molar-refractivity contribution in [2.45, 2.75) is 13.5 Å². The predicted molar refractivity (Wildman–Crippen MR) is 135 cm³/mol. The van der Waals surface area contributed by atoms with Gasteiger partial charge in [0.15, 0.2) is 0 Å². The number of benzene rings is 3. The summed E-state index contributed by atoms with van der Waals surface area (Å²) in [4.78, 5) is 26.0. The second-order valence-corrected chi connectivity index (χ2v) is 9.51. The molecule has 3 aromatic carbocycles. The van der Waals surface area contributed by atoms with Crippen molar-refractivity contribution in [3.63, 3.8) is 0 Å². The molecule has 0 saturated carbocycles. The Labute approximate surface area is 213 Å². The van der Waals surface area contributed by atoms with E-state index in [-0.39, 0.29) is 12.5 Å². The van der Waals surface area contributed by atoms with Crippen LogP contribution in [0.5, 0.6) is 0 Å². The fraction of sp³-hybridized carbons (Fsp3) is 0.0800. The van der Waals surface area contributed by atoms with E-state index in [1.807, 2.05) is 66.7 Å². The predicted octanol–water partition coefficient (Wildman–Crippen LogP) is 3.81. The molecule has 1 aliphatic heterocycles. The van der Waals surface area contributed by atoms with Crippen molar-refractivity contribution in [3.05, 3.63) is 88.8 Å². The van der Waals surface area contributed by atoms with Crippen LogP contribution in [0, 0.1) is 0 Å². The van der Waals surface area contributed by atoms with E-state index < -0.39 is 5.97 Å². The Bertz CT molecular complexity index is 1180. The maximum absolute atomic E-state index is 12.3. The number of carboxylic acids is 1. The summed E-state index contributed by atoms with van der Waals surface area (Å²) in [6, 6.07) is 24.0. The van der Waals surface area contributed by atoms with E-state index in [4.69, 9.17) is 15.0 Å². The minimum atomic E-state index is -0.833. The first-order valence-electron chi connectivity index (χ1n) is 10.2. The summed E-state index contributed by atoms with van der Waals surface area (Å²) in [6.07, 6.45) is 1.87. The number of amidine groups is 1. The molecule has 0 unspecified atom stereocenters. The summed E-state index contributed by atoms with van der Waals surface area (Å²) in [5, 5.41) is 20.4. The molecule has 3 N–H and O–H groups in total. The molecule has 162 valence electrons. The molecule has 0 atom stereocenters. The van der Waals surface area contributed by atoms with Crippen molar-refractivity contribution in [3.8, 4) is 11.1 Å².